The first-order valence-corrected chi connectivity index (χ1v) is 10.1. The first kappa shape index (κ1) is 19.2. The Morgan fingerprint density at radius 2 is 2.00 bits per heavy atom. The van der Waals surface area contributed by atoms with Gasteiger partial charge in [0.05, 0.1) is 30.4 Å². The second-order valence-corrected chi connectivity index (χ2v) is 7.44. The van der Waals surface area contributed by atoms with Gasteiger partial charge in [-0.1, -0.05) is 6.07 Å². The Kier molecular flexibility index (Phi) is 5.04. The molecule has 31 heavy (non-hydrogen) atoms. The number of ether oxygens (including phenoxy) is 1. The molecule has 1 aliphatic rings. The van der Waals surface area contributed by atoms with Crippen molar-refractivity contribution >= 4 is 16.9 Å². The van der Waals surface area contributed by atoms with Gasteiger partial charge in [-0.15, -0.1) is 5.10 Å². The number of H-pyrrole nitrogens is 1. The SMILES string of the molecule is COc1ccc2nc(CN3CCN(C(=O)c4cccc(-n5cnnn5)c4)CC3)[nH]c2c1. The Morgan fingerprint density at radius 1 is 1.13 bits per heavy atom. The molecule has 2 aromatic carbocycles. The van der Waals surface area contributed by atoms with E-state index in [1.807, 2.05) is 47.4 Å². The summed E-state index contributed by atoms with van der Waals surface area (Å²) in [4.78, 5) is 25.2. The molecule has 0 radical (unpaired) electrons. The van der Waals surface area contributed by atoms with Crippen molar-refractivity contribution in [1.29, 1.82) is 0 Å². The number of imidazole rings is 1. The molecule has 1 N–H and O–H groups in total. The fourth-order valence-corrected chi connectivity index (χ4v) is 3.81. The molecule has 3 heterocycles. The van der Waals surface area contributed by atoms with Gasteiger partial charge >= 0.3 is 0 Å². The van der Waals surface area contributed by atoms with E-state index in [1.165, 1.54) is 11.0 Å². The molecule has 0 bridgehead atoms. The molecule has 0 spiro atoms. The summed E-state index contributed by atoms with van der Waals surface area (Å²) in [6, 6.07) is 13.2. The molecular formula is C21H22N8O2. The van der Waals surface area contributed by atoms with Crippen LogP contribution in [0.4, 0.5) is 0 Å². The summed E-state index contributed by atoms with van der Waals surface area (Å²) < 4.78 is 6.81. The monoisotopic (exact) mass is 418 g/mol. The number of rotatable bonds is 5. The molecule has 158 valence electrons. The number of aromatic amines is 1. The molecule has 1 aliphatic heterocycles. The van der Waals surface area contributed by atoms with Crippen molar-refractivity contribution < 1.29 is 9.53 Å². The van der Waals surface area contributed by atoms with Gasteiger partial charge in [-0.2, -0.15) is 0 Å². The minimum absolute atomic E-state index is 0.0189. The van der Waals surface area contributed by atoms with Crippen LogP contribution in [0.15, 0.2) is 48.8 Å². The third-order valence-corrected chi connectivity index (χ3v) is 5.48. The highest BCUT2D eigenvalue weighted by Crippen LogP contribution is 2.20. The van der Waals surface area contributed by atoms with Gasteiger partial charge in [-0.25, -0.2) is 9.67 Å². The normalized spacial score (nSPS) is 14.8. The Labute approximate surface area is 178 Å². The lowest BCUT2D eigenvalue weighted by Gasteiger charge is -2.34. The number of aromatic nitrogens is 6. The molecule has 0 atom stereocenters. The lowest BCUT2D eigenvalue weighted by atomic mass is 10.1. The van der Waals surface area contributed by atoms with Gasteiger partial charge < -0.3 is 14.6 Å². The highest BCUT2D eigenvalue weighted by atomic mass is 16.5. The van der Waals surface area contributed by atoms with Gasteiger partial charge in [0.2, 0.25) is 0 Å². The molecule has 1 amide bonds. The molecule has 0 aliphatic carbocycles. The summed E-state index contributed by atoms with van der Waals surface area (Å²) in [5.41, 5.74) is 3.28. The van der Waals surface area contributed by atoms with Crippen LogP contribution in [0, 0.1) is 0 Å². The van der Waals surface area contributed by atoms with Gasteiger partial charge in [-0.3, -0.25) is 9.69 Å². The maximum atomic E-state index is 13.0. The van der Waals surface area contributed by atoms with Crippen LogP contribution in [0.5, 0.6) is 5.75 Å². The summed E-state index contributed by atoms with van der Waals surface area (Å²) in [6.07, 6.45) is 1.51. The number of tetrazole rings is 1. The highest BCUT2D eigenvalue weighted by Gasteiger charge is 2.23. The predicted molar refractivity (Wildman–Crippen MR) is 113 cm³/mol. The van der Waals surface area contributed by atoms with Gasteiger partial charge in [0, 0.05) is 37.8 Å². The number of piperazine rings is 1. The maximum absolute atomic E-state index is 13.0. The number of nitrogens with one attached hydrogen (secondary N) is 1. The summed E-state index contributed by atoms with van der Waals surface area (Å²) in [5.74, 6) is 1.74. The number of fused-ring (bicyclic) bond motifs is 1. The number of hydrogen-bond acceptors (Lipinski definition) is 7. The Balaban J connectivity index is 1.21. The zero-order valence-corrected chi connectivity index (χ0v) is 17.1. The fraction of sp³-hybridized carbons (Fsp3) is 0.286. The van der Waals surface area contributed by atoms with Crippen molar-refractivity contribution in [3.05, 3.63) is 60.2 Å². The fourth-order valence-electron chi connectivity index (χ4n) is 3.81. The van der Waals surface area contributed by atoms with E-state index < -0.39 is 0 Å². The van der Waals surface area contributed by atoms with Crippen LogP contribution in [0.3, 0.4) is 0 Å². The lowest BCUT2D eigenvalue weighted by molar-refractivity contribution is 0.0626. The van der Waals surface area contributed by atoms with Crippen molar-refractivity contribution in [1.82, 2.24) is 40.0 Å². The number of benzene rings is 2. The molecule has 10 heteroatoms. The van der Waals surface area contributed by atoms with Crippen LogP contribution < -0.4 is 4.74 Å². The molecule has 0 unspecified atom stereocenters. The average Bonchev–Trinajstić information content (AvgIpc) is 3.48. The largest absolute Gasteiger partial charge is 0.497 e. The van der Waals surface area contributed by atoms with E-state index in [2.05, 4.69) is 30.4 Å². The van der Waals surface area contributed by atoms with E-state index in [1.54, 1.807) is 7.11 Å². The second-order valence-electron chi connectivity index (χ2n) is 7.44. The molecule has 1 fully saturated rings. The van der Waals surface area contributed by atoms with Crippen molar-refractivity contribution in [2.24, 2.45) is 0 Å². The first-order chi connectivity index (χ1) is 15.2. The van der Waals surface area contributed by atoms with Gasteiger partial charge in [0.15, 0.2) is 0 Å². The van der Waals surface area contributed by atoms with Crippen molar-refractivity contribution in [2.75, 3.05) is 33.3 Å². The first-order valence-electron chi connectivity index (χ1n) is 10.1. The second kappa shape index (κ2) is 8.15. The molecule has 1 saturated heterocycles. The average molecular weight is 418 g/mol. The molecule has 4 aromatic rings. The van der Waals surface area contributed by atoms with Crippen LogP contribution >= 0.6 is 0 Å². The van der Waals surface area contributed by atoms with E-state index >= 15 is 0 Å². The van der Waals surface area contributed by atoms with E-state index in [0.717, 1.165) is 41.4 Å². The van der Waals surface area contributed by atoms with Gasteiger partial charge in [-0.05, 0) is 40.8 Å². The number of methoxy groups -OCH3 is 1. The van der Waals surface area contributed by atoms with Crippen LogP contribution in [0.1, 0.15) is 16.2 Å². The van der Waals surface area contributed by atoms with Crippen molar-refractivity contribution in [2.45, 2.75) is 6.54 Å². The Hall–Kier alpha value is -3.79. The number of carbonyl (C=O) groups excluding carboxylic acids is 1. The third-order valence-electron chi connectivity index (χ3n) is 5.48. The highest BCUT2D eigenvalue weighted by molar-refractivity contribution is 5.94. The molecule has 10 nitrogen and oxygen atoms in total. The topological polar surface area (TPSA) is 105 Å². The summed E-state index contributed by atoms with van der Waals surface area (Å²) in [7, 11) is 1.65. The minimum Gasteiger partial charge on any atom is -0.497 e. The van der Waals surface area contributed by atoms with Crippen LogP contribution in [-0.4, -0.2) is 79.2 Å². The van der Waals surface area contributed by atoms with Crippen LogP contribution in [-0.2, 0) is 6.54 Å². The predicted octanol–water partition coefficient (Wildman–Crippen LogP) is 1.51. The smallest absolute Gasteiger partial charge is 0.254 e. The lowest BCUT2D eigenvalue weighted by Crippen LogP contribution is -2.48. The number of hydrogen-bond donors (Lipinski definition) is 1. The summed E-state index contributed by atoms with van der Waals surface area (Å²) in [6.45, 7) is 3.63. The van der Waals surface area contributed by atoms with E-state index in [9.17, 15) is 4.79 Å². The Bertz CT molecular complexity index is 1200. The molecule has 5 rings (SSSR count). The summed E-state index contributed by atoms with van der Waals surface area (Å²) >= 11 is 0. The van der Waals surface area contributed by atoms with Gasteiger partial charge in [0.1, 0.15) is 17.9 Å². The van der Waals surface area contributed by atoms with Crippen LogP contribution in [0.2, 0.25) is 0 Å². The third kappa shape index (κ3) is 3.97. The van der Waals surface area contributed by atoms with E-state index in [0.29, 0.717) is 25.2 Å². The standard InChI is InChI=1S/C21H22N8O2/c1-31-17-5-6-18-19(12-17)24-20(23-18)13-27-7-9-28(10-8-27)21(30)15-3-2-4-16(11-15)29-14-22-25-26-29/h2-6,11-12,14H,7-10,13H2,1H3,(H,23,24). The van der Waals surface area contributed by atoms with Crippen molar-refractivity contribution in [3.8, 4) is 11.4 Å². The number of nitrogens with zero attached hydrogens (tertiary/aromatic N) is 7. The molecule has 2 aromatic heterocycles. The maximum Gasteiger partial charge on any atom is 0.254 e. The Morgan fingerprint density at radius 3 is 2.77 bits per heavy atom. The van der Waals surface area contributed by atoms with Crippen molar-refractivity contribution in [3.63, 3.8) is 0 Å². The van der Waals surface area contributed by atoms with E-state index in [4.69, 9.17) is 4.74 Å². The minimum atomic E-state index is 0.0189. The molecule has 0 saturated carbocycles. The molecular weight excluding hydrogens is 396 g/mol. The van der Waals surface area contributed by atoms with Crippen LogP contribution in [0.25, 0.3) is 16.7 Å². The van der Waals surface area contributed by atoms with E-state index in [-0.39, 0.29) is 5.91 Å². The number of carbonyl (C=O) groups is 1. The zero-order valence-electron chi connectivity index (χ0n) is 17.1. The quantitative estimate of drug-likeness (QED) is 0.524. The zero-order chi connectivity index (χ0) is 21.2. The summed E-state index contributed by atoms with van der Waals surface area (Å²) in [5, 5.41) is 11.2. The van der Waals surface area contributed by atoms with Gasteiger partial charge in [0.25, 0.3) is 5.91 Å². The number of amides is 1.